The molecule has 1 aliphatic rings. The van der Waals surface area contributed by atoms with Crippen LogP contribution in [0.1, 0.15) is 44.7 Å². The summed E-state index contributed by atoms with van der Waals surface area (Å²) in [5.74, 6) is -0.236. The number of benzene rings is 2. The zero-order valence-corrected chi connectivity index (χ0v) is 20.0. The van der Waals surface area contributed by atoms with Gasteiger partial charge in [-0.15, -0.1) is 0 Å². The topological polar surface area (TPSA) is 63.4 Å². The molecule has 0 spiro atoms. The number of nitrogens with zero attached hydrogens (tertiary/aromatic N) is 3. The van der Waals surface area contributed by atoms with Gasteiger partial charge in [0.1, 0.15) is 11.6 Å². The van der Waals surface area contributed by atoms with Crippen molar-refractivity contribution in [2.45, 2.75) is 39.3 Å². The van der Waals surface area contributed by atoms with E-state index in [2.05, 4.69) is 15.5 Å². The standard InChI is InChI=1S/C25H26F2N4O2S/c1-15(2)32-12-6-11-31-16(3)21(22(28-25(31)34)17-7-4-9-19(26)13-17)24-29-23(30-33-24)18-8-5-10-20(27)14-18/h4-5,7-10,13-15,22H,6,11-12H2,1-3H3,(H,28,34). The van der Waals surface area contributed by atoms with Crippen LogP contribution < -0.4 is 5.32 Å². The normalized spacial score (nSPS) is 16.4. The summed E-state index contributed by atoms with van der Waals surface area (Å²) in [4.78, 5) is 6.50. The summed E-state index contributed by atoms with van der Waals surface area (Å²) in [5.41, 5.74) is 2.67. The average Bonchev–Trinajstić information content (AvgIpc) is 3.27. The second kappa shape index (κ2) is 10.4. The molecule has 0 saturated carbocycles. The van der Waals surface area contributed by atoms with Crippen molar-refractivity contribution in [1.29, 1.82) is 0 Å². The molecule has 0 aliphatic carbocycles. The van der Waals surface area contributed by atoms with Gasteiger partial charge in [0.25, 0.3) is 5.89 Å². The third-order valence-electron chi connectivity index (χ3n) is 5.49. The van der Waals surface area contributed by atoms with E-state index in [0.717, 1.165) is 12.1 Å². The molecular formula is C25H26F2N4O2S. The lowest BCUT2D eigenvalue weighted by atomic mass is 9.94. The highest BCUT2D eigenvalue weighted by Crippen LogP contribution is 2.37. The summed E-state index contributed by atoms with van der Waals surface area (Å²) in [7, 11) is 0. The van der Waals surface area contributed by atoms with Crippen LogP contribution in [0.15, 0.2) is 58.8 Å². The number of nitrogens with one attached hydrogen (secondary N) is 1. The molecule has 1 atom stereocenters. The van der Waals surface area contributed by atoms with Crippen LogP contribution in [-0.4, -0.2) is 39.4 Å². The SMILES string of the molecule is CC1=C(c2nc(-c3cccc(F)c3)no2)C(c2cccc(F)c2)NC(=S)N1CCCOC(C)C. The fourth-order valence-corrected chi connectivity index (χ4v) is 4.23. The molecule has 1 N–H and O–H groups in total. The number of rotatable bonds is 8. The van der Waals surface area contributed by atoms with Crippen molar-refractivity contribution in [3.63, 3.8) is 0 Å². The van der Waals surface area contributed by atoms with E-state index in [9.17, 15) is 8.78 Å². The Hall–Kier alpha value is -3.17. The van der Waals surface area contributed by atoms with Gasteiger partial charge in [-0.05, 0) is 69.2 Å². The Bertz CT molecular complexity index is 1210. The van der Waals surface area contributed by atoms with Crippen molar-refractivity contribution in [1.82, 2.24) is 20.4 Å². The summed E-state index contributed by atoms with van der Waals surface area (Å²) in [5, 5.41) is 7.88. The van der Waals surface area contributed by atoms with Crippen molar-refractivity contribution in [3.8, 4) is 11.4 Å². The Morgan fingerprint density at radius 1 is 1.15 bits per heavy atom. The van der Waals surface area contributed by atoms with E-state index in [0.29, 0.717) is 35.0 Å². The molecule has 0 amide bonds. The molecule has 0 fully saturated rings. The first kappa shape index (κ1) is 24.0. The molecule has 178 valence electrons. The van der Waals surface area contributed by atoms with E-state index in [1.54, 1.807) is 18.2 Å². The maximum atomic E-state index is 14.1. The van der Waals surface area contributed by atoms with Crippen LogP contribution in [0, 0.1) is 11.6 Å². The highest BCUT2D eigenvalue weighted by atomic mass is 32.1. The summed E-state index contributed by atoms with van der Waals surface area (Å²) in [6, 6.07) is 11.8. The maximum absolute atomic E-state index is 14.1. The summed E-state index contributed by atoms with van der Waals surface area (Å²) in [6.07, 6.45) is 0.906. The van der Waals surface area contributed by atoms with Crippen molar-refractivity contribution in [2.24, 2.45) is 0 Å². The molecule has 6 nitrogen and oxygen atoms in total. The second-order valence-electron chi connectivity index (χ2n) is 8.29. The fourth-order valence-electron chi connectivity index (χ4n) is 3.88. The van der Waals surface area contributed by atoms with E-state index < -0.39 is 11.9 Å². The molecular weight excluding hydrogens is 458 g/mol. The smallest absolute Gasteiger partial charge is 0.258 e. The summed E-state index contributed by atoms with van der Waals surface area (Å²) in [6.45, 7) is 7.12. The van der Waals surface area contributed by atoms with Gasteiger partial charge >= 0.3 is 0 Å². The molecule has 1 unspecified atom stereocenters. The monoisotopic (exact) mass is 484 g/mol. The highest BCUT2D eigenvalue weighted by Gasteiger charge is 2.34. The number of hydrogen-bond acceptors (Lipinski definition) is 5. The molecule has 9 heteroatoms. The molecule has 2 aromatic carbocycles. The van der Waals surface area contributed by atoms with Gasteiger partial charge in [-0.25, -0.2) is 8.78 Å². The molecule has 0 bridgehead atoms. The van der Waals surface area contributed by atoms with Crippen LogP contribution in [0.4, 0.5) is 8.78 Å². The lowest BCUT2D eigenvalue weighted by molar-refractivity contribution is 0.0749. The van der Waals surface area contributed by atoms with E-state index in [4.69, 9.17) is 21.5 Å². The molecule has 3 aromatic rings. The first-order chi connectivity index (χ1) is 16.3. The lowest BCUT2D eigenvalue weighted by Crippen LogP contribution is -2.46. The molecule has 0 radical (unpaired) electrons. The predicted molar refractivity (Wildman–Crippen MR) is 130 cm³/mol. The Kier molecular flexibility index (Phi) is 7.33. The van der Waals surface area contributed by atoms with E-state index in [1.165, 1.54) is 24.3 Å². The first-order valence-electron chi connectivity index (χ1n) is 11.1. The van der Waals surface area contributed by atoms with Gasteiger partial charge < -0.3 is 19.5 Å². The third kappa shape index (κ3) is 5.31. The number of aromatic nitrogens is 2. The number of ether oxygens (including phenoxy) is 1. The second-order valence-corrected chi connectivity index (χ2v) is 8.68. The van der Waals surface area contributed by atoms with Crippen LogP contribution in [-0.2, 0) is 4.74 Å². The zero-order chi connectivity index (χ0) is 24.2. The van der Waals surface area contributed by atoms with Crippen molar-refractivity contribution in [3.05, 3.63) is 77.3 Å². The molecule has 1 aliphatic heterocycles. The summed E-state index contributed by atoms with van der Waals surface area (Å²) >= 11 is 5.65. The third-order valence-corrected chi connectivity index (χ3v) is 5.83. The van der Waals surface area contributed by atoms with Gasteiger partial charge in [0.15, 0.2) is 5.11 Å². The summed E-state index contributed by atoms with van der Waals surface area (Å²) < 4.78 is 39.1. The van der Waals surface area contributed by atoms with Gasteiger partial charge in [-0.1, -0.05) is 29.4 Å². The number of thiocarbonyl (C=S) groups is 1. The Morgan fingerprint density at radius 2 is 1.88 bits per heavy atom. The van der Waals surface area contributed by atoms with Gasteiger partial charge in [0.2, 0.25) is 5.82 Å². The van der Waals surface area contributed by atoms with Crippen molar-refractivity contribution in [2.75, 3.05) is 13.2 Å². The van der Waals surface area contributed by atoms with E-state index in [-0.39, 0.29) is 23.6 Å². The Morgan fingerprint density at radius 3 is 2.59 bits per heavy atom. The van der Waals surface area contributed by atoms with E-state index >= 15 is 0 Å². The number of hydrogen-bond donors (Lipinski definition) is 1. The minimum Gasteiger partial charge on any atom is -0.379 e. The predicted octanol–water partition coefficient (Wildman–Crippen LogP) is 5.49. The zero-order valence-electron chi connectivity index (χ0n) is 19.2. The Balaban J connectivity index is 1.72. The largest absolute Gasteiger partial charge is 0.379 e. The lowest BCUT2D eigenvalue weighted by Gasteiger charge is -2.37. The molecule has 4 rings (SSSR count). The fraction of sp³-hybridized carbons (Fsp3) is 0.320. The molecule has 34 heavy (non-hydrogen) atoms. The quantitative estimate of drug-likeness (QED) is 0.335. The number of halogens is 2. The van der Waals surface area contributed by atoms with Gasteiger partial charge in [-0.3, -0.25) is 0 Å². The van der Waals surface area contributed by atoms with Gasteiger partial charge in [0, 0.05) is 24.4 Å². The van der Waals surface area contributed by atoms with Crippen LogP contribution in [0.3, 0.4) is 0 Å². The molecule has 1 aromatic heterocycles. The van der Waals surface area contributed by atoms with Gasteiger partial charge in [-0.2, -0.15) is 4.98 Å². The highest BCUT2D eigenvalue weighted by molar-refractivity contribution is 7.80. The molecule has 2 heterocycles. The first-order valence-corrected chi connectivity index (χ1v) is 11.5. The van der Waals surface area contributed by atoms with Crippen LogP contribution in [0.5, 0.6) is 0 Å². The minimum atomic E-state index is -0.493. The average molecular weight is 485 g/mol. The minimum absolute atomic E-state index is 0.149. The van der Waals surface area contributed by atoms with E-state index in [1.807, 2.05) is 31.7 Å². The van der Waals surface area contributed by atoms with Crippen molar-refractivity contribution < 1.29 is 18.0 Å². The van der Waals surface area contributed by atoms with Crippen LogP contribution >= 0.6 is 12.2 Å². The molecule has 0 saturated heterocycles. The maximum Gasteiger partial charge on any atom is 0.258 e. The number of allylic oxidation sites excluding steroid dienone is 1. The van der Waals surface area contributed by atoms with Crippen molar-refractivity contribution >= 4 is 22.9 Å². The van der Waals surface area contributed by atoms with Crippen LogP contribution in [0.2, 0.25) is 0 Å². The Labute approximate surface area is 202 Å². The van der Waals surface area contributed by atoms with Crippen LogP contribution in [0.25, 0.3) is 17.0 Å². The van der Waals surface area contributed by atoms with Gasteiger partial charge in [0.05, 0.1) is 17.7 Å².